The van der Waals surface area contributed by atoms with E-state index in [4.69, 9.17) is 14.2 Å². The van der Waals surface area contributed by atoms with Crippen LogP contribution in [0.4, 0.5) is 0 Å². The molecule has 8 atom stereocenters. The first-order valence-electron chi connectivity index (χ1n) is 11.0. The van der Waals surface area contributed by atoms with Crippen LogP contribution in [0.2, 0.25) is 0 Å². The van der Waals surface area contributed by atoms with Crippen molar-refractivity contribution in [1.29, 1.82) is 0 Å². The number of ether oxygens (including phenoxy) is 3. The summed E-state index contributed by atoms with van der Waals surface area (Å²) < 4.78 is 18.9. The van der Waals surface area contributed by atoms with E-state index in [-0.39, 0.29) is 5.79 Å². The SMILES string of the molecule is C=C[C@@H](C)CC[C@@H]1O[C@@]2(CC[C@H]1C)CC[C@H](C)[C@H]([C@H](C)CCC1CO1)O2. The number of allylic oxidation sites excluding steroid dienone is 1. The van der Waals surface area contributed by atoms with Crippen LogP contribution < -0.4 is 0 Å². The molecule has 0 radical (unpaired) electrons. The number of hydrogen-bond acceptors (Lipinski definition) is 3. The molecule has 0 aromatic heterocycles. The van der Waals surface area contributed by atoms with Crippen molar-refractivity contribution < 1.29 is 14.2 Å². The molecule has 0 amide bonds. The summed E-state index contributed by atoms with van der Waals surface area (Å²) in [5.74, 6) is 2.07. The van der Waals surface area contributed by atoms with Crippen LogP contribution in [0.25, 0.3) is 0 Å². The largest absolute Gasteiger partial charge is 0.373 e. The Morgan fingerprint density at radius 2 is 1.73 bits per heavy atom. The molecule has 3 saturated heterocycles. The van der Waals surface area contributed by atoms with Gasteiger partial charge in [-0.15, -0.1) is 6.58 Å². The summed E-state index contributed by atoms with van der Waals surface area (Å²) in [4.78, 5) is 0. The van der Waals surface area contributed by atoms with Crippen LogP contribution in [0, 0.1) is 23.7 Å². The maximum absolute atomic E-state index is 6.77. The minimum Gasteiger partial charge on any atom is -0.373 e. The molecule has 1 unspecified atom stereocenters. The van der Waals surface area contributed by atoms with Gasteiger partial charge in [0.05, 0.1) is 24.9 Å². The van der Waals surface area contributed by atoms with Crippen LogP contribution in [0.1, 0.15) is 79.1 Å². The molecular formula is C23H40O3. The second-order valence-electron chi connectivity index (χ2n) is 9.48. The maximum atomic E-state index is 6.77. The van der Waals surface area contributed by atoms with Gasteiger partial charge in [0, 0.05) is 12.8 Å². The van der Waals surface area contributed by atoms with E-state index in [0.29, 0.717) is 42.0 Å². The Labute approximate surface area is 160 Å². The minimum absolute atomic E-state index is 0.323. The van der Waals surface area contributed by atoms with Gasteiger partial charge in [-0.05, 0) is 62.2 Å². The Kier molecular flexibility index (Phi) is 6.85. The van der Waals surface area contributed by atoms with E-state index in [1.807, 2.05) is 0 Å². The highest BCUT2D eigenvalue weighted by molar-refractivity contribution is 4.90. The molecule has 3 fully saturated rings. The fraction of sp³-hybridized carbons (Fsp3) is 0.913. The minimum atomic E-state index is -0.323. The molecular weight excluding hydrogens is 324 g/mol. The lowest BCUT2D eigenvalue weighted by atomic mass is 9.80. The molecule has 3 heterocycles. The lowest BCUT2D eigenvalue weighted by Gasteiger charge is -2.51. The van der Waals surface area contributed by atoms with Gasteiger partial charge in [-0.1, -0.05) is 33.8 Å². The predicted octanol–water partition coefficient (Wildman–Crippen LogP) is 5.73. The fourth-order valence-electron chi connectivity index (χ4n) is 4.80. The van der Waals surface area contributed by atoms with Gasteiger partial charge in [0.25, 0.3) is 0 Å². The van der Waals surface area contributed by atoms with Crippen molar-refractivity contribution in [2.24, 2.45) is 23.7 Å². The zero-order chi connectivity index (χ0) is 18.7. The van der Waals surface area contributed by atoms with Gasteiger partial charge in [0.2, 0.25) is 0 Å². The van der Waals surface area contributed by atoms with Gasteiger partial charge in [0.1, 0.15) is 0 Å². The second-order valence-corrected chi connectivity index (χ2v) is 9.48. The third-order valence-electron chi connectivity index (χ3n) is 7.09. The predicted molar refractivity (Wildman–Crippen MR) is 106 cm³/mol. The average molecular weight is 365 g/mol. The summed E-state index contributed by atoms with van der Waals surface area (Å²) in [6.07, 6.45) is 12.5. The molecule has 3 nitrogen and oxygen atoms in total. The summed E-state index contributed by atoms with van der Waals surface area (Å²) in [6, 6.07) is 0. The molecule has 3 aliphatic heterocycles. The summed E-state index contributed by atoms with van der Waals surface area (Å²) in [7, 11) is 0. The maximum Gasteiger partial charge on any atom is 0.169 e. The van der Waals surface area contributed by atoms with Crippen LogP contribution in [0.15, 0.2) is 12.7 Å². The molecule has 0 bridgehead atoms. The first-order valence-corrected chi connectivity index (χ1v) is 11.0. The van der Waals surface area contributed by atoms with Gasteiger partial charge < -0.3 is 14.2 Å². The second kappa shape index (κ2) is 8.75. The van der Waals surface area contributed by atoms with E-state index in [1.54, 1.807) is 0 Å². The Morgan fingerprint density at radius 3 is 2.38 bits per heavy atom. The highest BCUT2D eigenvalue weighted by Crippen LogP contribution is 2.45. The normalized spacial score (nSPS) is 42.4. The quantitative estimate of drug-likeness (QED) is 0.407. The third-order valence-corrected chi connectivity index (χ3v) is 7.09. The lowest BCUT2D eigenvalue weighted by Crippen LogP contribution is -2.53. The summed E-state index contributed by atoms with van der Waals surface area (Å²) in [5, 5.41) is 0. The molecule has 0 N–H and O–H groups in total. The number of epoxide rings is 1. The van der Waals surface area contributed by atoms with Gasteiger partial charge in [0.15, 0.2) is 5.79 Å². The standard InChI is InChI=1S/C23H40O3/c1-6-16(2)7-10-21-17(3)11-13-23(25-21)14-12-19(5)22(26-23)18(4)8-9-20-15-24-20/h6,16-22H,1,7-15H2,2-5H3/t16-,17-,18-,19+,20?,21+,22+,23-/m1/s1. The van der Waals surface area contributed by atoms with Crippen molar-refractivity contribution >= 4 is 0 Å². The molecule has 26 heavy (non-hydrogen) atoms. The van der Waals surface area contributed by atoms with E-state index in [9.17, 15) is 0 Å². The molecule has 0 aromatic carbocycles. The van der Waals surface area contributed by atoms with Crippen LogP contribution in [0.5, 0.6) is 0 Å². The van der Waals surface area contributed by atoms with Gasteiger partial charge in [-0.2, -0.15) is 0 Å². The molecule has 3 aliphatic rings. The van der Waals surface area contributed by atoms with Crippen LogP contribution in [-0.4, -0.2) is 30.7 Å². The molecule has 0 aromatic rings. The molecule has 3 rings (SSSR count). The fourth-order valence-corrected chi connectivity index (χ4v) is 4.80. The molecule has 0 saturated carbocycles. The number of hydrogen-bond donors (Lipinski definition) is 0. The van der Waals surface area contributed by atoms with Gasteiger partial charge in [-0.3, -0.25) is 0 Å². The Hall–Kier alpha value is -0.380. The van der Waals surface area contributed by atoms with Crippen molar-refractivity contribution in [2.45, 2.75) is 103 Å². The molecule has 3 heteroatoms. The smallest absolute Gasteiger partial charge is 0.169 e. The van der Waals surface area contributed by atoms with Crippen molar-refractivity contribution in [2.75, 3.05) is 6.61 Å². The highest BCUT2D eigenvalue weighted by Gasteiger charge is 2.47. The van der Waals surface area contributed by atoms with Crippen molar-refractivity contribution in [3.05, 3.63) is 12.7 Å². The summed E-state index contributed by atoms with van der Waals surface area (Å²) in [5.41, 5.74) is 0. The first-order chi connectivity index (χ1) is 12.4. The monoisotopic (exact) mass is 364 g/mol. The van der Waals surface area contributed by atoms with Gasteiger partial charge >= 0.3 is 0 Å². The first kappa shape index (κ1) is 20.4. The Balaban J connectivity index is 1.58. The summed E-state index contributed by atoms with van der Waals surface area (Å²) in [6.45, 7) is 14.2. The van der Waals surface area contributed by atoms with Crippen LogP contribution >= 0.6 is 0 Å². The average Bonchev–Trinajstić information content (AvgIpc) is 3.47. The zero-order valence-electron chi connectivity index (χ0n) is 17.4. The van der Waals surface area contributed by atoms with E-state index in [2.05, 4.69) is 40.3 Å². The van der Waals surface area contributed by atoms with E-state index >= 15 is 0 Å². The number of rotatable bonds is 8. The van der Waals surface area contributed by atoms with E-state index in [1.165, 1.54) is 25.7 Å². The summed E-state index contributed by atoms with van der Waals surface area (Å²) >= 11 is 0. The lowest BCUT2D eigenvalue weighted by molar-refractivity contribution is -0.338. The highest BCUT2D eigenvalue weighted by atomic mass is 16.7. The van der Waals surface area contributed by atoms with Crippen molar-refractivity contribution in [3.63, 3.8) is 0 Å². The molecule has 1 spiro atoms. The van der Waals surface area contributed by atoms with Crippen molar-refractivity contribution in [1.82, 2.24) is 0 Å². The van der Waals surface area contributed by atoms with Crippen LogP contribution in [-0.2, 0) is 14.2 Å². The Morgan fingerprint density at radius 1 is 1.04 bits per heavy atom. The van der Waals surface area contributed by atoms with E-state index in [0.717, 1.165) is 32.3 Å². The molecule has 0 aliphatic carbocycles. The van der Waals surface area contributed by atoms with Crippen LogP contribution in [0.3, 0.4) is 0 Å². The Bertz CT molecular complexity index is 456. The van der Waals surface area contributed by atoms with E-state index < -0.39 is 0 Å². The van der Waals surface area contributed by atoms with Crippen molar-refractivity contribution in [3.8, 4) is 0 Å². The van der Waals surface area contributed by atoms with Gasteiger partial charge in [-0.25, -0.2) is 0 Å². The zero-order valence-corrected chi connectivity index (χ0v) is 17.4. The molecule has 150 valence electrons. The topological polar surface area (TPSA) is 31.0 Å². The third kappa shape index (κ3) is 5.11.